The minimum Gasteiger partial charge on any atom is -0.491 e. The van der Waals surface area contributed by atoms with Crippen molar-refractivity contribution in [2.45, 2.75) is 45.4 Å². The van der Waals surface area contributed by atoms with Gasteiger partial charge in [-0.05, 0) is 74.7 Å². The average Bonchev–Trinajstić information content (AvgIpc) is 2.77. The Morgan fingerprint density at radius 3 is 2.25 bits per heavy atom. The van der Waals surface area contributed by atoms with E-state index in [4.69, 9.17) is 21.1 Å². The maximum absolute atomic E-state index is 13.4. The van der Waals surface area contributed by atoms with Gasteiger partial charge in [0.25, 0.3) is 5.91 Å². The topological polar surface area (TPSA) is 38.8 Å². The fourth-order valence-corrected chi connectivity index (χ4v) is 4.13. The van der Waals surface area contributed by atoms with Crippen LogP contribution in [0.3, 0.4) is 0 Å². The molecule has 0 aliphatic carbocycles. The normalized spacial score (nSPS) is 15.8. The molecule has 1 aliphatic rings. The van der Waals surface area contributed by atoms with Crippen molar-refractivity contribution in [3.05, 3.63) is 94.5 Å². The van der Waals surface area contributed by atoms with Crippen LogP contribution in [0.25, 0.3) is 0 Å². The van der Waals surface area contributed by atoms with Gasteiger partial charge in [0.2, 0.25) is 0 Å². The maximum Gasteiger partial charge on any atom is 0.256 e. The van der Waals surface area contributed by atoms with Gasteiger partial charge in [-0.1, -0.05) is 48.0 Å². The van der Waals surface area contributed by atoms with Gasteiger partial charge in [-0.25, -0.2) is 0 Å². The molecule has 0 spiro atoms. The van der Waals surface area contributed by atoms with Gasteiger partial charge in [0.05, 0.1) is 16.6 Å². The molecule has 1 aliphatic heterocycles. The summed E-state index contributed by atoms with van der Waals surface area (Å²) in [6.45, 7) is 6.98. The van der Waals surface area contributed by atoms with Crippen LogP contribution in [0.1, 0.15) is 42.3 Å². The molecule has 1 heterocycles. The summed E-state index contributed by atoms with van der Waals surface area (Å²) in [5.74, 6) is 1.47. The van der Waals surface area contributed by atoms with Crippen molar-refractivity contribution in [3.63, 3.8) is 0 Å². The van der Waals surface area contributed by atoms with E-state index in [2.05, 4.69) is 12.1 Å². The minimum absolute atomic E-state index is 0.0763. The summed E-state index contributed by atoms with van der Waals surface area (Å²) in [6, 6.07) is 23.0. The van der Waals surface area contributed by atoms with Crippen LogP contribution in [0.4, 0.5) is 0 Å². The third-order valence-electron chi connectivity index (χ3n) is 5.41. The molecular formula is C27H28ClNO3. The maximum atomic E-state index is 13.4. The molecular weight excluding hydrogens is 422 g/mol. The summed E-state index contributed by atoms with van der Waals surface area (Å²) in [4.78, 5) is 15.3. The summed E-state index contributed by atoms with van der Waals surface area (Å²) in [7, 11) is 0. The Morgan fingerprint density at radius 2 is 1.56 bits per heavy atom. The highest BCUT2D eigenvalue weighted by Gasteiger charge is 2.31. The van der Waals surface area contributed by atoms with Crippen molar-refractivity contribution in [2.24, 2.45) is 0 Å². The lowest BCUT2D eigenvalue weighted by molar-refractivity contribution is 0.0566. The van der Waals surface area contributed by atoms with E-state index in [0.717, 1.165) is 23.5 Å². The quantitative estimate of drug-likeness (QED) is 0.468. The molecule has 0 radical (unpaired) electrons. The van der Waals surface area contributed by atoms with Crippen LogP contribution in [0.2, 0.25) is 5.02 Å². The largest absolute Gasteiger partial charge is 0.491 e. The highest BCUT2D eigenvalue weighted by atomic mass is 35.5. The first-order valence-corrected chi connectivity index (χ1v) is 11.2. The van der Waals surface area contributed by atoms with Crippen molar-refractivity contribution in [1.29, 1.82) is 0 Å². The lowest BCUT2D eigenvalue weighted by Crippen LogP contribution is -2.47. The van der Waals surface area contributed by atoms with Crippen LogP contribution in [0.5, 0.6) is 11.5 Å². The second-order valence-electron chi connectivity index (χ2n) is 9.04. The predicted octanol–water partition coefficient (Wildman–Crippen LogP) is 6.16. The Balaban J connectivity index is 1.52. The predicted molar refractivity (Wildman–Crippen MR) is 128 cm³/mol. The molecule has 0 N–H and O–H groups in total. The zero-order valence-corrected chi connectivity index (χ0v) is 19.4. The lowest BCUT2D eigenvalue weighted by Gasteiger charge is -2.37. The van der Waals surface area contributed by atoms with E-state index in [1.807, 2.05) is 74.2 Å². The number of halogens is 1. The van der Waals surface area contributed by atoms with Crippen LogP contribution >= 0.6 is 11.6 Å². The van der Waals surface area contributed by atoms with E-state index in [0.29, 0.717) is 23.7 Å². The number of hydrogen-bond donors (Lipinski definition) is 0. The van der Waals surface area contributed by atoms with Crippen LogP contribution in [-0.4, -0.2) is 29.1 Å². The molecule has 166 valence electrons. The molecule has 3 aromatic rings. The zero-order chi connectivity index (χ0) is 22.7. The number of ether oxygens (including phenoxy) is 2. The van der Waals surface area contributed by atoms with Crippen LogP contribution < -0.4 is 9.47 Å². The van der Waals surface area contributed by atoms with E-state index in [-0.39, 0.29) is 17.6 Å². The van der Waals surface area contributed by atoms with Gasteiger partial charge in [0, 0.05) is 6.54 Å². The Hall–Kier alpha value is -2.98. The van der Waals surface area contributed by atoms with Gasteiger partial charge in [-0.3, -0.25) is 4.79 Å². The van der Waals surface area contributed by atoms with Gasteiger partial charge in [0.1, 0.15) is 23.7 Å². The first kappa shape index (κ1) is 22.2. The van der Waals surface area contributed by atoms with E-state index < -0.39 is 0 Å². The van der Waals surface area contributed by atoms with Crippen LogP contribution in [0.15, 0.2) is 72.8 Å². The first-order chi connectivity index (χ1) is 15.3. The molecule has 4 rings (SSSR count). The Bertz CT molecular complexity index is 1090. The van der Waals surface area contributed by atoms with Gasteiger partial charge < -0.3 is 14.4 Å². The number of fused-ring (bicyclic) bond motifs is 1. The molecule has 3 aromatic carbocycles. The molecule has 1 amide bonds. The second kappa shape index (κ2) is 9.25. The third kappa shape index (κ3) is 5.25. The Morgan fingerprint density at radius 1 is 0.938 bits per heavy atom. The van der Waals surface area contributed by atoms with Crippen molar-refractivity contribution < 1.29 is 14.3 Å². The molecule has 0 fully saturated rings. The summed E-state index contributed by atoms with van der Waals surface area (Å²) in [6.07, 6.45) is 0.734. The van der Waals surface area contributed by atoms with Crippen LogP contribution in [0, 0.1) is 0 Å². The molecule has 0 bridgehead atoms. The SMILES string of the molecule is CC(C)(C)Oc1ccc(OC[C@@H]2Cc3ccccc3CN2C(=O)c2ccccc2Cl)cc1. The van der Waals surface area contributed by atoms with Crippen LogP contribution in [-0.2, 0) is 13.0 Å². The molecule has 5 heteroatoms. The molecule has 4 nitrogen and oxygen atoms in total. The van der Waals surface area contributed by atoms with Gasteiger partial charge >= 0.3 is 0 Å². The first-order valence-electron chi connectivity index (χ1n) is 10.8. The fourth-order valence-electron chi connectivity index (χ4n) is 3.91. The van der Waals surface area contributed by atoms with Gasteiger partial charge in [0.15, 0.2) is 0 Å². The van der Waals surface area contributed by atoms with Gasteiger partial charge in [-0.15, -0.1) is 0 Å². The van der Waals surface area contributed by atoms with Crippen molar-refractivity contribution in [1.82, 2.24) is 4.90 Å². The summed E-state index contributed by atoms with van der Waals surface area (Å²) >= 11 is 6.33. The Labute approximate surface area is 194 Å². The highest BCUT2D eigenvalue weighted by Crippen LogP contribution is 2.28. The van der Waals surface area contributed by atoms with Crippen molar-refractivity contribution >= 4 is 17.5 Å². The van der Waals surface area contributed by atoms with E-state index in [1.54, 1.807) is 12.1 Å². The minimum atomic E-state index is -0.253. The van der Waals surface area contributed by atoms with E-state index >= 15 is 0 Å². The van der Waals surface area contributed by atoms with Crippen molar-refractivity contribution in [2.75, 3.05) is 6.61 Å². The summed E-state index contributed by atoms with van der Waals surface area (Å²) in [5.41, 5.74) is 2.67. The van der Waals surface area contributed by atoms with E-state index in [1.165, 1.54) is 5.56 Å². The molecule has 0 saturated carbocycles. The zero-order valence-electron chi connectivity index (χ0n) is 18.7. The standard InChI is InChI=1S/C27H28ClNO3/c1-27(2,3)32-23-14-12-22(13-15-23)31-18-21-16-19-8-4-5-9-20(19)17-29(21)26(30)24-10-6-7-11-25(24)28/h4-15,21H,16-18H2,1-3H3/t21-/m0/s1. The number of nitrogens with zero attached hydrogens (tertiary/aromatic N) is 1. The fraction of sp³-hybridized carbons (Fsp3) is 0.296. The smallest absolute Gasteiger partial charge is 0.256 e. The third-order valence-corrected chi connectivity index (χ3v) is 5.74. The number of carbonyl (C=O) groups is 1. The number of benzene rings is 3. The Kier molecular flexibility index (Phi) is 6.43. The van der Waals surface area contributed by atoms with Gasteiger partial charge in [-0.2, -0.15) is 0 Å². The number of rotatable bonds is 5. The second-order valence-corrected chi connectivity index (χ2v) is 9.44. The molecule has 32 heavy (non-hydrogen) atoms. The summed E-state index contributed by atoms with van der Waals surface area (Å²) in [5, 5.41) is 0.463. The average molecular weight is 450 g/mol. The molecule has 0 saturated heterocycles. The highest BCUT2D eigenvalue weighted by molar-refractivity contribution is 6.33. The number of carbonyl (C=O) groups excluding carboxylic acids is 1. The van der Waals surface area contributed by atoms with E-state index in [9.17, 15) is 4.79 Å². The van der Waals surface area contributed by atoms with Crippen molar-refractivity contribution in [3.8, 4) is 11.5 Å². The lowest BCUT2D eigenvalue weighted by atomic mass is 9.93. The molecule has 0 unspecified atom stereocenters. The monoisotopic (exact) mass is 449 g/mol. The molecule has 1 atom stereocenters. The molecule has 0 aromatic heterocycles. The number of amides is 1. The summed E-state index contributed by atoms with van der Waals surface area (Å²) < 4.78 is 12.0. The number of hydrogen-bond acceptors (Lipinski definition) is 3.